The van der Waals surface area contributed by atoms with Crippen molar-refractivity contribution in [1.82, 2.24) is 20.3 Å². The van der Waals surface area contributed by atoms with Gasteiger partial charge < -0.3 is 20.7 Å². The molecule has 2 bridgehead atoms. The molecule has 8 nitrogen and oxygen atoms in total. The van der Waals surface area contributed by atoms with Gasteiger partial charge in [-0.25, -0.2) is 4.68 Å². The molecule has 8 heteroatoms. The first-order valence-electron chi connectivity index (χ1n) is 10.0. The van der Waals surface area contributed by atoms with Crippen LogP contribution in [-0.4, -0.2) is 60.3 Å². The molecule has 4 heterocycles. The fourth-order valence-corrected chi connectivity index (χ4v) is 4.67. The SMILES string of the molecule is COCCNC(=O)[C@H]1C[NH+]2CC[C@H]1C[C@@H]2Cn1cc(-c2cccc(N)c2)nn1. The Balaban J connectivity index is 1.37. The lowest BCUT2D eigenvalue weighted by Gasteiger charge is -2.46. The minimum atomic E-state index is 0.121. The van der Waals surface area contributed by atoms with E-state index in [1.54, 1.807) is 7.11 Å². The van der Waals surface area contributed by atoms with E-state index < -0.39 is 0 Å². The zero-order valence-corrected chi connectivity index (χ0v) is 16.3. The Morgan fingerprint density at radius 1 is 1.46 bits per heavy atom. The molecule has 1 aromatic carbocycles. The lowest BCUT2D eigenvalue weighted by molar-refractivity contribution is -0.945. The number of carbonyl (C=O) groups excluding carboxylic acids is 1. The highest BCUT2D eigenvalue weighted by Gasteiger charge is 2.46. The molecule has 0 aliphatic carbocycles. The third kappa shape index (κ3) is 4.02. The van der Waals surface area contributed by atoms with Crippen molar-refractivity contribution in [2.24, 2.45) is 11.8 Å². The van der Waals surface area contributed by atoms with Gasteiger partial charge in [0.15, 0.2) is 0 Å². The van der Waals surface area contributed by atoms with E-state index >= 15 is 0 Å². The van der Waals surface area contributed by atoms with Gasteiger partial charge in [0.2, 0.25) is 5.91 Å². The molecule has 0 radical (unpaired) electrons. The third-order valence-electron chi connectivity index (χ3n) is 6.12. The zero-order chi connectivity index (χ0) is 19.5. The standard InChI is InChI=1S/C20H28N6O2/c1-28-8-6-22-20(27)18-12-25-7-5-14(18)10-17(25)11-26-13-19(23-24-26)15-3-2-4-16(21)9-15/h2-4,9,13-14,17-18H,5-8,10-12,21H2,1H3,(H,22,27)/p+1/t14-,17+,18-/m0/s1. The number of aromatic nitrogens is 3. The maximum atomic E-state index is 12.5. The fraction of sp³-hybridized carbons (Fsp3) is 0.550. The summed E-state index contributed by atoms with van der Waals surface area (Å²) in [5.41, 5.74) is 8.42. The molecule has 3 aliphatic heterocycles. The Kier molecular flexibility index (Phi) is 5.59. The van der Waals surface area contributed by atoms with Crippen molar-refractivity contribution >= 4 is 11.6 Å². The first-order chi connectivity index (χ1) is 13.6. The van der Waals surface area contributed by atoms with Crippen LogP contribution in [0.1, 0.15) is 12.8 Å². The molecule has 0 saturated carbocycles. The van der Waals surface area contributed by atoms with E-state index in [4.69, 9.17) is 10.5 Å². The largest absolute Gasteiger partial charge is 0.399 e. The summed E-state index contributed by atoms with van der Waals surface area (Å²) in [5.74, 6) is 0.764. The van der Waals surface area contributed by atoms with Crippen LogP contribution in [0.3, 0.4) is 0 Å². The third-order valence-corrected chi connectivity index (χ3v) is 6.12. The molecule has 3 aliphatic rings. The Labute approximate surface area is 165 Å². The summed E-state index contributed by atoms with van der Waals surface area (Å²) < 4.78 is 6.96. The lowest BCUT2D eigenvalue weighted by Crippen LogP contribution is -3.20. The summed E-state index contributed by atoms with van der Waals surface area (Å²) in [4.78, 5) is 14.0. The second-order valence-corrected chi connectivity index (χ2v) is 7.94. The summed E-state index contributed by atoms with van der Waals surface area (Å²) in [6.45, 7) is 4.02. The van der Waals surface area contributed by atoms with Gasteiger partial charge in [0.25, 0.3) is 0 Å². The maximum absolute atomic E-state index is 12.5. The van der Waals surface area contributed by atoms with E-state index in [0.717, 1.165) is 49.4 Å². The number of ether oxygens (including phenoxy) is 1. The topological polar surface area (TPSA) is 99.5 Å². The number of nitrogens with two attached hydrogens (primary N) is 1. The molecule has 1 unspecified atom stereocenters. The number of nitrogens with one attached hydrogen (secondary N) is 2. The molecule has 1 aromatic heterocycles. The first-order valence-corrected chi connectivity index (χ1v) is 10.0. The number of anilines is 1. The highest BCUT2D eigenvalue weighted by molar-refractivity contribution is 5.79. The number of nitrogens with zero attached hydrogens (tertiary/aromatic N) is 3. The average molecular weight is 385 g/mol. The number of rotatable bonds is 7. The van der Waals surface area contributed by atoms with Crippen molar-refractivity contribution in [3.63, 3.8) is 0 Å². The minimum absolute atomic E-state index is 0.121. The first kappa shape index (κ1) is 18.9. The van der Waals surface area contributed by atoms with Crippen LogP contribution in [0.5, 0.6) is 0 Å². The number of carbonyl (C=O) groups is 1. The van der Waals surface area contributed by atoms with Gasteiger partial charge in [-0.1, -0.05) is 17.3 Å². The smallest absolute Gasteiger partial charge is 0.229 e. The molecule has 150 valence electrons. The molecule has 5 rings (SSSR count). The van der Waals surface area contributed by atoms with Crippen LogP contribution in [0.25, 0.3) is 11.3 Å². The van der Waals surface area contributed by atoms with E-state index in [1.807, 2.05) is 35.1 Å². The lowest BCUT2D eigenvalue weighted by atomic mass is 9.75. The average Bonchev–Trinajstić information content (AvgIpc) is 3.17. The monoisotopic (exact) mass is 385 g/mol. The number of methoxy groups -OCH3 is 1. The number of hydrogen-bond acceptors (Lipinski definition) is 5. The Morgan fingerprint density at radius 2 is 2.36 bits per heavy atom. The minimum Gasteiger partial charge on any atom is -0.399 e. The van der Waals surface area contributed by atoms with Crippen molar-refractivity contribution in [1.29, 1.82) is 0 Å². The number of hydrogen-bond donors (Lipinski definition) is 3. The van der Waals surface area contributed by atoms with E-state index in [-0.39, 0.29) is 11.8 Å². The van der Waals surface area contributed by atoms with E-state index in [0.29, 0.717) is 25.1 Å². The van der Waals surface area contributed by atoms with Crippen LogP contribution >= 0.6 is 0 Å². The van der Waals surface area contributed by atoms with Gasteiger partial charge in [0.05, 0.1) is 38.4 Å². The van der Waals surface area contributed by atoms with Crippen LogP contribution < -0.4 is 16.0 Å². The van der Waals surface area contributed by atoms with E-state index in [2.05, 4.69) is 15.6 Å². The van der Waals surface area contributed by atoms with Gasteiger partial charge in [-0.15, -0.1) is 5.10 Å². The predicted octanol–water partition coefficient (Wildman–Crippen LogP) is -0.417. The molecule has 3 saturated heterocycles. The molecule has 3 fully saturated rings. The quantitative estimate of drug-likeness (QED) is 0.444. The predicted molar refractivity (Wildman–Crippen MR) is 105 cm³/mol. The summed E-state index contributed by atoms with van der Waals surface area (Å²) in [6, 6.07) is 8.19. The highest BCUT2D eigenvalue weighted by atomic mass is 16.5. The summed E-state index contributed by atoms with van der Waals surface area (Å²) in [6.07, 6.45) is 4.18. The van der Waals surface area contributed by atoms with Crippen LogP contribution in [0, 0.1) is 11.8 Å². The second-order valence-electron chi connectivity index (χ2n) is 7.94. The van der Waals surface area contributed by atoms with Gasteiger partial charge in [-0.3, -0.25) is 4.79 Å². The Morgan fingerprint density at radius 3 is 3.11 bits per heavy atom. The summed E-state index contributed by atoms with van der Waals surface area (Å²) in [7, 11) is 1.65. The summed E-state index contributed by atoms with van der Waals surface area (Å²) in [5, 5.41) is 11.6. The van der Waals surface area contributed by atoms with Crippen molar-refractivity contribution in [2.45, 2.75) is 25.4 Å². The zero-order valence-electron chi connectivity index (χ0n) is 16.3. The number of fused-ring (bicyclic) bond motifs is 3. The van der Waals surface area contributed by atoms with Gasteiger partial charge in [0, 0.05) is 37.7 Å². The van der Waals surface area contributed by atoms with E-state index in [9.17, 15) is 4.79 Å². The number of quaternary nitrogens is 1. The van der Waals surface area contributed by atoms with Crippen LogP contribution in [0.2, 0.25) is 0 Å². The van der Waals surface area contributed by atoms with Gasteiger partial charge in [-0.2, -0.15) is 0 Å². The molecule has 2 aromatic rings. The Hall–Kier alpha value is -2.45. The number of amides is 1. The maximum Gasteiger partial charge on any atom is 0.229 e. The fourth-order valence-electron chi connectivity index (χ4n) is 4.67. The number of nitrogen functional groups attached to an aromatic ring is 1. The molecule has 4 atom stereocenters. The second kappa shape index (κ2) is 8.28. The van der Waals surface area contributed by atoms with Crippen LogP contribution in [0.4, 0.5) is 5.69 Å². The van der Waals surface area contributed by atoms with Gasteiger partial charge in [-0.05, 0) is 18.1 Å². The number of benzene rings is 1. The Bertz CT molecular complexity index is 823. The molecule has 4 N–H and O–H groups in total. The molecular weight excluding hydrogens is 356 g/mol. The van der Waals surface area contributed by atoms with Crippen molar-refractivity contribution in [3.05, 3.63) is 30.5 Å². The normalized spacial score (nSPS) is 26.3. The van der Waals surface area contributed by atoms with Crippen LogP contribution in [0.15, 0.2) is 30.5 Å². The van der Waals surface area contributed by atoms with Crippen molar-refractivity contribution in [2.75, 3.05) is 39.1 Å². The van der Waals surface area contributed by atoms with Crippen molar-refractivity contribution in [3.8, 4) is 11.3 Å². The molecule has 1 amide bonds. The van der Waals surface area contributed by atoms with Gasteiger partial charge >= 0.3 is 0 Å². The summed E-state index contributed by atoms with van der Waals surface area (Å²) >= 11 is 0. The van der Waals surface area contributed by atoms with Crippen LogP contribution in [-0.2, 0) is 16.1 Å². The number of piperidine rings is 3. The molecule has 28 heavy (non-hydrogen) atoms. The van der Waals surface area contributed by atoms with Gasteiger partial charge in [0.1, 0.15) is 11.7 Å². The molecule has 0 spiro atoms. The highest BCUT2D eigenvalue weighted by Crippen LogP contribution is 2.28. The van der Waals surface area contributed by atoms with Crippen molar-refractivity contribution < 1.29 is 14.4 Å². The molecular formula is C20H29N6O2+. The van der Waals surface area contributed by atoms with E-state index in [1.165, 1.54) is 4.90 Å².